The Balaban J connectivity index is 2.69. The van der Waals surface area contributed by atoms with Gasteiger partial charge in [-0.25, -0.2) is 13.1 Å². The van der Waals surface area contributed by atoms with Gasteiger partial charge in [0, 0.05) is 11.6 Å². The number of hydrogen-bond acceptors (Lipinski definition) is 3. The van der Waals surface area contributed by atoms with E-state index in [2.05, 4.69) is 4.72 Å². The van der Waals surface area contributed by atoms with Gasteiger partial charge in [-0.3, -0.25) is 4.79 Å². The van der Waals surface area contributed by atoms with Crippen LogP contribution in [0.15, 0.2) is 30.3 Å². The Labute approximate surface area is 108 Å². The normalized spacial score (nSPS) is 11.7. The molecule has 1 rings (SSSR count). The van der Waals surface area contributed by atoms with Gasteiger partial charge in [0.2, 0.25) is 10.0 Å². The number of benzene rings is 1. The summed E-state index contributed by atoms with van der Waals surface area (Å²) in [6.45, 7) is 3.82. The van der Waals surface area contributed by atoms with Crippen molar-refractivity contribution < 1.29 is 13.2 Å². The maximum Gasteiger partial charge on any atom is 0.219 e. The molecule has 0 aliphatic rings. The minimum atomic E-state index is -3.55. The Morgan fingerprint density at radius 3 is 2.22 bits per heavy atom. The van der Waals surface area contributed by atoms with E-state index in [1.54, 1.807) is 30.3 Å². The van der Waals surface area contributed by atoms with Gasteiger partial charge in [-0.15, -0.1) is 0 Å². The third-order valence-corrected chi connectivity index (χ3v) is 4.08. The Hall–Kier alpha value is -1.20. The lowest BCUT2D eigenvalue weighted by atomic mass is 10.2. The van der Waals surface area contributed by atoms with Crippen LogP contribution in [0.5, 0.6) is 0 Å². The van der Waals surface area contributed by atoms with E-state index < -0.39 is 15.8 Å². The van der Waals surface area contributed by atoms with Crippen molar-refractivity contribution in [1.29, 1.82) is 0 Å². The van der Waals surface area contributed by atoms with Gasteiger partial charge in [-0.1, -0.05) is 44.2 Å². The first kappa shape index (κ1) is 14.9. The van der Waals surface area contributed by atoms with E-state index in [-0.39, 0.29) is 11.8 Å². The SMILES string of the molecule is CCC(CC)NS(=O)(=O)CC(=O)c1ccccc1. The maximum absolute atomic E-state index is 11.8. The molecule has 1 aromatic carbocycles. The van der Waals surface area contributed by atoms with Crippen molar-refractivity contribution in [2.24, 2.45) is 0 Å². The molecule has 0 amide bonds. The highest BCUT2D eigenvalue weighted by molar-refractivity contribution is 7.90. The van der Waals surface area contributed by atoms with Crippen LogP contribution in [0.3, 0.4) is 0 Å². The molecule has 0 bridgehead atoms. The van der Waals surface area contributed by atoms with Gasteiger partial charge in [0.15, 0.2) is 5.78 Å². The second-order valence-electron chi connectivity index (χ2n) is 4.18. The molecule has 5 heteroatoms. The Morgan fingerprint density at radius 1 is 1.17 bits per heavy atom. The van der Waals surface area contributed by atoms with Crippen LogP contribution in [0.25, 0.3) is 0 Å². The Kier molecular flexibility index (Phi) is 5.50. The van der Waals surface area contributed by atoms with Crippen LogP contribution in [-0.2, 0) is 10.0 Å². The molecular formula is C13H19NO3S. The number of Topliss-reactive ketones (excluding diaryl/α,β-unsaturated/α-hetero) is 1. The lowest BCUT2D eigenvalue weighted by Gasteiger charge is -2.14. The molecule has 18 heavy (non-hydrogen) atoms. The predicted molar refractivity (Wildman–Crippen MR) is 72.1 cm³/mol. The van der Waals surface area contributed by atoms with E-state index in [9.17, 15) is 13.2 Å². The smallest absolute Gasteiger partial charge is 0.219 e. The van der Waals surface area contributed by atoms with Crippen molar-refractivity contribution in [2.75, 3.05) is 5.75 Å². The molecule has 1 N–H and O–H groups in total. The molecule has 0 spiro atoms. The molecule has 0 saturated heterocycles. The van der Waals surface area contributed by atoms with Crippen LogP contribution in [0.1, 0.15) is 37.0 Å². The van der Waals surface area contributed by atoms with Crippen LogP contribution in [0.4, 0.5) is 0 Å². The number of sulfonamides is 1. The fraction of sp³-hybridized carbons (Fsp3) is 0.462. The van der Waals surface area contributed by atoms with Crippen LogP contribution < -0.4 is 4.72 Å². The second-order valence-corrected chi connectivity index (χ2v) is 5.93. The first-order valence-corrected chi connectivity index (χ1v) is 7.72. The van der Waals surface area contributed by atoms with Gasteiger partial charge in [0.05, 0.1) is 0 Å². The highest BCUT2D eigenvalue weighted by Gasteiger charge is 2.20. The molecule has 0 aromatic heterocycles. The van der Waals surface area contributed by atoms with Crippen LogP contribution in [-0.4, -0.2) is 26.0 Å². The average molecular weight is 269 g/mol. The lowest BCUT2D eigenvalue weighted by molar-refractivity contribution is 0.102. The molecular weight excluding hydrogens is 250 g/mol. The van der Waals surface area contributed by atoms with E-state index in [1.807, 2.05) is 13.8 Å². The molecule has 1 aromatic rings. The summed E-state index contributed by atoms with van der Waals surface area (Å²) in [6, 6.07) is 8.36. The van der Waals surface area contributed by atoms with E-state index in [0.29, 0.717) is 5.56 Å². The summed E-state index contributed by atoms with van der Waals surface area (Å²) < 4.78 is 26.2. The van der Waals surface area contributed by atoms with Crippen molar-refractivity contribution in [3.8, 4) is 0 Å². The van der Waals surface area contributed by atoms with Crippen molar-refractivity contribution in [3.63, 3.8) is 0 Å². The largest absolute Gasteiger partial charge is 0.293 e. The second kappa shape index (κ2) is 6.66. The number of carbonyl (C=O) groups is 1. The topological polar surface area (TPSA) is 63.2 Å². The van der Waals surface area contributed by atoms with E-state index >= 15 is 0 Å². The monoisotopic (exact) mass is 269 g/mol. The first-order valence-electron chi connectivity index (χ1n) is 6.06. The van der Waals surface area contributed by atoms with Crippen molar-refractivity contribution in [2.45, 2.75) is 32.7 Å². The summed E-state index contributed by atoms with van der Waals surface area (Å²) in [5.74, 6) is -0.873. The van der Waals surface area contributed by atoms with Crippen LogP contribution >= 0.6 is 0 Å². The van der Waals surface area contributed by atoms with Gasteiger partial charge >= 0.3 is 0 Å². The van der Waals surface area contributed by atoms with Gasteiger partial charge in [-0.2, -0.15) is 0 Å². The highest BCUT2D eigenvalue weighted by Crippen LogP contribution is 2.04. The zero-order valence-electron chi connectivity index (χ0n) is 10.7. The molecule has 0 saturated carbocycles. The van der Waals surface area contributed by atoms with Gasteiger partial charge < -0.3 is 0 Å². The molecule has 0 fully saturated rings. The van der Waals surface area contributed by atoms with Crippen LogP contribution in [0, 0.1) is 0 Å². The third kappa shape index (κ3) is 4.58. The summed E-state index contributed by atoms with van der Waals surface area (Å²) in [5, 5.41) is 0. The molecule has 0 atom stereocenters. The van der Waals surface area contributed by atoms with E-state index in [0.717, 1.165) is 12.8 Å². The summed E-state index contributed by atoms with van der Waals surface area (Å²) in [4.78, 5) is 11.8. The third-order valence-electron chi connectivity index (χ3n) is 2.75. The maximum atomic E-state index is 11.8. The van der Waals surface area contributed by atoms with E-state index in [1.165, 1.54) is 0 Å². The first-order chi connectivity index (χ1) is 8.48. The number of hydrogen-bond donors (Lipinski definition) is 1. The van der Waals surface area contributed by atoms with Crippen molar-refractivity contribution >= 4 is 15.8 Å². The minimum absolute atomic E-state index is 0.0985. The molecule has 0 radical (unpaired) electrons. The Morgan fingerprint density at radius 2 is 1.72 bits per heavy atom. The van der Waals surface area contributed by atoms with Crippen molar-refractivity contribution in [3.05, 3.63) is 35.9 Å². The van der Waals surface area contributed by atoms with E-state index in [4.69, 9.17) is 0 Å². The average Bonchev–Trinajstić information content (AvgIpc) is 2.36. The van der Waals surface area contributed by atoms with Gasteiger partial charge in [0.1, 0.15) is 5.75 Å². The zero-order chi connectivity index (χ0) is 13.6. The Bertz CT molecular complexity index is 478. The molecule has 100 valence electrons. The fourth-order valence-electron chi connectivity index (χ4n) is 1.63. The van der Waals surface area contributed by atoms with Gasteiger partial charge in [-0.05, 0) is 12.8 Å². The molecule has 0 heterocycles. The summed E-state index contributed by atoms with van der Waals surface area (Å²) in [6.07, 6.45) is 1.44. The fourth-order valence-corrected chi connectivity index (χ4v) is 3.07. The summed E-state index contributed by atoms with van der Waals surface area (Å²) in [7, 11) is -3.55. The quantitative estimate of drug-likeness (QED) is 0.770. The van der Waals surface area contributed by atoms with Crippen LogP contribution in [0.2, 0.25) is 0 Å². The number of carbonyl (C=O) groups excluding carboxylic acids is 1. The number of nitrogens with one attached hydrogen (secondary N) is 1. The molecule has 0 unspecified atom stereocenters. The standard InChI is InChI=1S/C13H19NO3S/c1-3-12(4-2)14-18(16,17)10-13(15)11-8-6-5-7-9-11/h5-9,12,14H,3-4,10H2,1-2H3. The zero-order valence-corrected chi connectivity index (χ0v) is 11.5. The number of ketones is 1. The summed E-state index contributed by atoms with van der Waals surface area (Å²) in [5.41, 5.74) is 0.424. The molecule has 4 nitrogen and oxygen atoms in total. The summed E-state index contributed by atoms with van der Waals surface area (Å²) >= 11 is 0. The minimum Gasteiger partial charge on any atom is -0.293 e. The lowest BCUT2D eigenvalue weighted by Crippen LogP contribution is -2.37. The number of rotatable bonds is 7. The van der Waals surface area contributed by atoms with Crippen molar-refractivity contribution in [1.82, 2.24) is 4.72 Å². The molecule has 0 aliphatic heterocycles. The molecule has 0 aliphatic carbocycles. The van der Waals surface area contributed by atoms with Gasteiger partial charge in [0.25, 0.3) is 0 Å². The highest BCUT2D eigenvalue weighted by atomic mass is 32.2. The predicted octanol–water partition coefficient (Wildman–Crippen LogP) is 1.98.